The van der Waals surface area contributed by atoms with Crippen LogP contribution in [-0.2, 0) is 13.6 Å². The normalized spacial score (nSPS) is 15.5. The van der Waals surface area contributed by atoms with Crippen LogP contribution >= 0.6 is 7.82 Å². The van der Waals surface area contributed by atoms with Gasteiger partial charge in [0.2, 0.25) is 0 Å². The van der Waals surface area contributed by atoms with E-state index in [1.165, 1.54) is 64.2 Å². The van der Waals surface area contributed by atoms with Gasteiger partial charge < -0.3 is 23.5 Å². The van der Waals surface area contributed by atoms with Crippen molar-refractivity contribution in [1.82, 2.24) is 0 Å². The summed E-state index contributed by atoms with van der Waals surface area (Å²) in [5.41, 5.74) is 0. The van der Waals surface area contributed by atoms with Crippen molar-refractivity contribution < 1.29 is 28.1 Å². The number of likely N-dealkylation sites (N-methyl/N-ethyl adjacent to an activating group) is 1. The Labute approximate surface area is 173 Å². The van der Waals surface area contributed by atoms with Gasteiger partial charge >= 0.3 is 0 Å². The molecule has 1 N–H and O–H groups in total. The molecule has 0 aromatic rings. The van der Waals surface area contributed by atoms with Crippen LogP contribution in [0.15, 0.2) is 0 Å². The summed E-state index contributed by atoms with van der Waals surface area (Å²) in [5.74, 6) is 0. The molecule has 0 rings (SSSR count). The van der Waals surface area contributed by atoms with E-state index in [0.717, 1.165) is 12.8 Å². The standard InChI is InChI=1S/C21H46NO5P/c1-5-6-7-8-9-10-11-12-13-14-15-16-17-21(23)20-27-28(24,25)26-19-18-22(2,3)4/h21,23H,5-20H2,1-4H3. The second-order valence-electron chi connectivity index (χ2n) is 8.92. The highest BCUT2D eigenvalue weighted by Gasteiger charge is 2.15. The van der Waals surface area contributed by atoms with E-state index in [4.69, 9.17) is 9.05 Å². The topological polar surface area (TPSA) is 78.8 Å². The van der Waals surface area contributed by atoms with Crippen molar-refractivity contribution in [2.24, 2.45) is 0 Å². The lowest BCUT2D eigenvalue weighted by atomic mass is 10.0. The van der Waals surface area contributed by atoms with Crippen LogP contribution in [0.25, 0.3) is 0 Å². The van der Waals surface area contributed by atoms with E-state index in [0.29, 0.717) is 17.4 Å². The molecule has 0 aromatic heterocycles. The number of unbranched alkanes of at least 4 members (excludes halogenated alkanes) is 11. The molecule has 0 spiro atoms. The van der Waals surface area contributed by atoms with Gasteiger partial charge in [0.1, 0.15) is 13.2 Å². The fraction of sp³-hybridized carbons (Fsp3) is 1.00. The summed E-state index contributed by atoms with van der Waals surface area (Å²) < 4.78 is 21.9. The Morgan fingerprint density at radius 1 is 0.857 bits per heavy atom. The molecule has 0 aliphatic carbocycles. The first-order chi connectivity index (χ1) is 13.2. The molecule has 0 bridgehead atoms. The molecule has 0 aromatic carbocycles. The molecule has 0 saturated heterocycles. The predicted octanol–water partition coefficient (Wildman–Crippen LogP) is 4.65. The summed E-state index contributed by atoms with van der Waals surface area (Å²) in [4.78, 5) is 11.7. The second kappa shape index (κ2) is 16.8. The van der Waals surface area contributed by atoms with Crippen molar-refractivity contribution in [3.05, 3.63) is 0 Å². The van der Waals surface area contributed by atoms with Crippen LogP contribution in [0.5, 0.6) is 0 Å². The number of rotatable bonds is 20. The molecule has 0 radical (unpaired) electrons. The van der Waals surface area contributed by atoms with Gasteiger partial charge in [-0.15, -0.1) is 0 Å². The molecule has 28 heavy (non-hydrogen) atoms. The summed E-state index contributed by atoms with van der Waals surface area (Å²) in [6.07, 6.45) is 15.0. The molecule has 2 unspecified atom stereocenters. The highest BCUT2D eigenvalue weighted by molar-refractivity contribution is 7.45. The van der Waals surface area contributed by atoms with E-state index >= 15 is 0 Å². The van der Waals surface area contributed by atoms with Gasteiger partial charge in [-0.1, -0.05) is 84.0 Å². The van der Waals surface area contributed by atoms with Gasteiger partial charge in [0, 0.05) is 0 Å². The smallest absolute Gasteiger partial charge is 0.268 e. The zero-order chi connectivity index (χ0) is 21.3. The summed E-state index contributed by atoms with van der Waals surface area (Å²) in [6.45, 7) is 2.68. The second-order valence-corrected chi connectivity index (χ2v) is 10.3. The fourth-order valence-corrected chi connectivity index (χ4v) is 3.68. The van der Waals surface area contributed by atoms with Crippen molar-refractivity contribution in [3.8, 4) is 0 Å². The Morgan fingerprint density at radius 2 is 1.32 bits per heavy atom. The monoisotopic (exact) mass is 423 g/mol. The highest BCUT2D eigenvalue weighted by atomic mass is 31.2. The maximum atomic E-state index is 11.7. The molecule has 0 aliphatic heterocycles. The molecule has 0 fully saturated rings. The number of phosphoric acid groups is 1. The lowest BCUT2D eigenvalue weighted by molar-refractivity contribution is -0.870. The Bertz CT molecular complexity index is 401. The van der Waals surface area contributed by atoms with Crippen LogP contribution in [0.2, 0.25) is 0 Å². The van der Waals surface area contributed by atoms with Crippen LogP contribution in [0.3, 0.4) is 0 Å². The first-order valence-corrected chi connectivity index (χ1v) is 12.7. The maximum absolute atomic E-state index is 11.7. The van der Waals surface area contributed by atoms with Crippen LogP contribution < -0.4 is 4.89 Å². The van der Waals surface area contributed by atoms with E-state index in [-0.39, 0.29) is 13.2 Å². The van der Waals surface area contributed by atoms with E-state index in [1.807, 2.05) is 21.1 Å². The van der Waals surface area contributed by atoms with Crippen LogP contribution in [-0.4, -0.2) is 56.6 Å². The fourth-order valence-electron chi connectivity index (χ4n) is 2.95. The van der Waals surface area contributed by atoms with Gasteiger partial charge in [0.05, 0.1) is 33.9 Å². The number of phosphoric ester groups is 1. The Kier molecular flexibility index (Phi) is 16.8. The number of hydrogen-bond acceptors (Lipinski definition) is 5. The summed E-state index contributed by atoms with van der Waals surface area (Å²) >= 11 is 0. The largest absolute Gasteiger partial charge is 0.756 e. The van der Waals surface area contributed by atoms with Crippen molar-refractivity contribution in [2.75, 3.05) is 40.9 Å². The molecule has 0 aliphatic rings. The SMILES string of the molecule is CCCCCCCCCCCCCCC(O)COP(=O)([O-])OCC[N+](C)(C)C. The molecule has 6 nitrogen and oxygen atoms in total. The number of hydrogen-bond donors (Lipinski definition) is 1. The summed E-state index contributed by atoms with van der Waals surface area (Å²) in [6, 6.07) is 0. The Hall–Kier alpha value is 0.0300. The van der Waals surface area contributed by atoms with Gasteiger partial charge in [-0.3, -0.25) is 4.57 Å². The van der Waals surface area contributed by atoms with Gasteiger partial charge in [-0.2, -0.15) is 0 Å². The summed E-state index contributed by atoms with van der Waals surface area (Å²) in [5, 5.41) is 9.88. The van der Waals surface area contributed by atoms with E-state index in [1.54, 1.807) is 0 Å². The quantitative estimate of drug-likeness (QED) is 0.175. The van der Waals surface area contributed by atoms with Crippen molar-refractivity contribution in [3.63, 3.8) is 0 Å². The zero-order valence-corrected chi connectivity index (χ0v) is 19.8. The maximum Gasteiger partial charge on any atom is 0.268 e. The number of nitrogens with zero attached hydrogens (tertiary/aromatic N) is 1. The average molecular weight is 424 g/mol. The predicted molar refractivity (Wildman–Crippen MR) is 114 cm³/mol. The van der Waals surface area contributed by atoms with Crippen LogP contribution in [0.4, 0.5) is 0 Å². The average Bonchev–Trinajstić information content (AvgIpc) is 2.59. The first-order valence-electron chi connectivity index (χ1n) is 11.2. The minimum absolute atomic E-state index is 0.0825. The van der Waals surface area contributed by atoms with Crippen LogP contribution in [0.1, 0.15) is 90.4 Å². The third-order valence-corrected chi connectivity index (χ3v) is 5.79. The number of aliphatic hydroxyl groups excluding tert-OH is 1. The van der Waals surface area contributed by atoms with Crippen LogP contribution in [0, 0.1) is 0 Å². The molecular weight excluding hydrogens is 377 g/mol. The first kappa shape index (κ1) is 28.0. The van der Waals surface area contributed by atoms with E-state index in [9.17, 15) is 14.6 Å². The molecule has 0 heterocycles. The lowest BCUT2D eigenvalue weighted by Crippen LogP contribution is -2.37. The third-order valence-electron chi connectivity index (χ3n) is 4.83. The Balaban J connectivity index is 3.49. The third kappa shape index (κ3) is 20.8. The summed E-state index contributed by atoms with van der Waals surface area (Å²) in [7, 11) is 1.55. The van der Waals surface area contributed by atoms with Crippen molar-refractivity contribution in [1.29, 1.82) is 0 Å². The molecule has 0 saturated carbocycles. The molecule has 170 valence electrons. The molecule has 7 heteroatoms. The minimum Gasteiger partial charge on any atom is -0.756 e. The molecule has 0 amide bonds. The minimum atomic E-state index is -4.32. The van der Waals surface area contributed by atoms with Crippen molar-refractivity contribution in [2.45, 2.75) is 96.5 Å². The van der Waals surface area contributed by atoms with Gasteiger partial charge in [0.15, 0.2) is 0 Å². The van der Waals surface area contributed by atoms with Gasteiger partial charge in [0.25, 0.3) is 7.82 Å². The van der Waals surface area contributed by atoms with Crippen molar-refractivity contribution >= 4 is 7.82 Å². The highest BCUT2D eigenvalue weighted by Crippen LogP contribution is 2.38. The zero-order valence-electron chi connectivity index (χ0n) is 18.9. The number of quaternary nitrogens is 1. The molecule has 2 atom stereocenters. The van der Waals surface area contributed by atoms with Gasteiger partial charge in [-0.25, -0.2) is 0 Å². The van der Waals surface area contributed by atoms with E-state index in [2.05, 4.69) is 6.92 Å². The Morgan fingerprint density at radius 3 is 1.79 bits per heavy atom. The lowest BCUT2D eigenvalue weighted by Gasteiger charge is -2.27. The van der Waals surface area contributed by atoms with Gasteiger partial charge in [-0.05, 0) is 6.42 Å². The van der Waals surface area contributed by atoms with E-state index < -0.39 is 13.9 Å². The molecular formula is C21H46NO5P. The number of aliphatic hydroxyl groups is 1.